The Morgan fingerprint density at radius 1 is 1.47 bits per heavy atom. The van der Waals surface area contributed by atoms with Crippen LogP contribution in [0.25, 0.3) is 0 Å². The summed E-state index contributed by atoms with van der Waals surface area (Å²) in [6.45, 7) is 9.79. The zero-order valence-electron chi connectivity index (χ0n) is 12.1. The highest BCUT2D eigenvalue weighted by molar-refractivity contribution is 6.32. The van der Waals surface area contributed by atoms with Gasteiger partial charge in [0.05, 0.1) is 5.02 Å². The summed E-state index contributed by atoms with van der Waals surface area (Å²) >= 11 is 6.24. The summed E-state index contributed by atoms with van der Waals surface area (Å²) in [4.78, 5) is 6.74. The second-order valence-electron chi connectivity index (χ2n) is 6.39. The summed E-state index contributed by atoms with van der Waals surface area (Å²) in [6, 6.07) is 3.80. The number of hydrogen-bond donors (Lipinski definition) is 1. The van der Waals surface area contributed by atoms with Crippen molar-refractivity contribution in [2.75, 3.05) is 24.5 Å². The van der Waals surface area contributed by atoms with E-state index in [0.717, 1.165) is 30.5 Å². The molecule has 0 spiro atoms. The highest BCUT2D eigenvalue weighted by Gasteiger charge is 2.23. The molecular weight excluding hydrogens is 258 g/mol. The van der Waals surface area contributed by atoms with Gasteiger partial charge in [-0.2, -0.15) is 0 Å². The number of hydrogen-bond acceptors (Lipinski definition) is 3. The van der Waals surface area contributed by atoms with Crippen LogP contribution in [0.2, 0.25) is 5.02 Å². The normalized spacial score (nSPS) is 20.6. The van der Waals surface area contributed by atoms with E-state index in [-0.39, 0.29) is 5.54 Å². The molecule has 0 aliphatic carbocycles. The molecule has 1 aliphatic heterocycles. The van der Waals surface area contributed by atoms with Gasteiger partial charge in [-0.3, -0.25) is 0 Å². The first-order valence-corrected chi connectivity index (χ1v) is 7.44. The Morgan fingerprint density at radius 2 is 2.26 bits per heavy atom. The number of halogens is 1. The monoisotopic (exact) mass is 281 g/mol. The third-order valence-electron chi connectivity index (χ3n) is 3.48. The quantitative estimate of drug-likeness (QED) is 0.921. The molecular formula is C15H24ClN3. The first-order chi connectivity index (χ1) is 8.96. The molecule has 1 aromatic rings. The number of pyridine rings is 1. The van der Waals surface area contributed by atoms with Crippen molar-refractivity contribution in [1.82, 2.24) is 10.3 Å². The average Bonchev–Trinajstić information content (AvgIpc) is 2.36. The van der Waals surface area contributed by atoms with E-state index < -0.39 is 0 Å². The largest absolute Gasteiger partial charge is 0.355 e. The maximum atomic E-state index is 6.24. The SMILES string of the molecule is CC(C)(C)NCC1CCCN(c2ncccc2Cl)C1. The first kappa shape index (κ1) is 14.6. The summed E-state index contributed by atoms with van der Waals surface area (Å²) in [6.07, 6.45) is 4.31. The molecule has 1 fully saturated rings. The molecule has 1 atom stereocenters. The van der Waals surface area contributed by atoms with Crippen LogP contribution < -0.4 is 10.2 Å². The smallest absolute Gasteiger partial charge is 0.147 e. The molecule has 1 unspecified atom stereocenters. The molecule has 1 N–H and O–H groups in total. The third kappa shape index (κ3) is 4.36. The van der Waals surface area contributed by atoms with Gasteiger partial charge in [0.25, 0.3) is 0 Å². The molecule has 19 heavy (non-hydrogen) atoms. The Hall–Kier alpha value is -0.800. The van der Waals surface area contributed by atoms with Crippen molar-refractivity contribution < 1.29 is 0 Å². The Morgan fingerprint density at radius 3 is 2.95 bits per heavy atom. The van der Waals surface area contributed by atoms with E-state index in [1.165, 1.54) is 12.8 Å². The third-order valence-corrected chi connectivity index (χ3v) is 3.77. The van der Waals surface area contributed by atoms with E-state index in [2.05, 4.69) is 36.0 Å². The molecule has 2 rings (SSSR count). The van der Waals surface area contributed by atoms with Gasteiger partial charge in [-0.1, -0.05) is 11.6 Å². The number of anilines is 1. The second-order valence-corrected chi connectivity index (χ2v) is 6.80. The fraction of sp³-hybridized carbons (Fsp3) is 0.667. The molecule has 0 aromatic carbocycles. The van der Waals surface area contributed by atoms with E-state index in [1.54, 1.807) is 0 Å². The zero-order chi connectivity index (χ0) is 13.9. The van der Waals surface area contributed by atoms with Crippen molar-refractivity contribution in [2.45, 2.75) is 39.2 Å². The molecule has 2 heterocycles. The molecule has 106 valence electrons. The lowest BCUT2D eigenvalue weighted by Gasteiger charge is -2.35. The maximum Gasteiger partial charge on any atom is 0.147 e. The molecule has 0 radical (unpaired) electrons. The van der Waals surface area contributed by atoms with Gasteiger partial charge in [-0.05, 0) is 51.7 Å². The molecule has 0 bridgehead atoms. The van der Waals surface area contributed by atoms with Crippen molar-refractivity contribution in [3.05, 3.63) is 23.4 Å². The molecule has 1 aliphatic rings. The van der Waals surface area contributed by atoms with Crippen LogP contribution in [0.4, 0.5) is 5.82 Å². The van der Waals surface area contributed by atoms with Crippen LogP contribution in [0.5, 0.6) is 0 Å². The maximum absolute atomic E-state index is 6.24. The lowest BCUT2D eigenvalue weighted by molar-refractivity contribution is 0.335. The Labute approximate surface area is 121 Å². The van der Waals surface area contributed by atoms with Crippen molar-refractivity contribution in [2.24, 2.45) is 5.92 Å². The van der Waals surface area contributed by atoms with E-state index in [4.69, 9.17) is 11.6 Å². The van der Waals surface area contributed by atoms with Crippen LogP contribution >= 0.6 is 11.6 Å². The van der Waals surface area contributed by atoms with E-state index in [1.807, 2.05) is 18.3 Å². The minimum atomic E-state index is 0.185. The second kappa shape index (κ2) is 6.10. The van der Waals surface area contributed by atoms with Crippen LogP contribution in [0.15, 0.2) is 18.3 Å². The fourth-order valence-corrected chi connectivity index (χ4v) is 2.73. The van der Waals surface area contributed by atoms with Crippen LogP contribution in [0, 0.1) is 5.92 Å². The molecule has 1 aromatic heterocycles. The molecule has 4 heteroatoms. The van der Waals surface area contributed by atoms with Crippen LogP contribution in [-0.2, 0) is 0 Å². The average molecular weight is 282 g/mol. The van der Waals surface area contributed by atoms with Gasteiger partial charge in [-0.25, -0.2) is 4.98 Å². The summed E-state index contributed by atoms with van der Waals surface area (Å²) in [5, 5.41) is 4.35. The van der Waals surface area contributed by atoms with Gasteiger partial charge in [0.1, 0.15) is 5.82 Å². The minimum absolute atomic E-state index is 0.185. The predicted molar refractivity (Wildman–Crippen MR) is 81.9 cm³/mol. The summed E-state index contributed by atoms with van der Waals surface area (Å²) in [5.74, 6) is 1.61. The van der Waals surface area contributed by atoms with E-state index in [9.17, 15) is 0 Å². The van der Waals surface area contributed by atoms with Crippen LogP contribution in [0.3, 0.4) is 0 Å². The molecule has 1 saturated heterocycles. The first-order valence-electron chi connectivity index (χ1n) is 7.06. The highest BCUT2D eigenvalue weighted by Crippen LogP contribution is 2.27. The predicted octanol–water partition coefficient (Wildman–Crippen LogP) is 3.34. The minimum Gasteiger partial charge on any atom is -0.355 e. The number of nitrogens with zero attached hydrogens (tertiary/aromatic N) is 2. The summed E-state index contributed by atoms with van der Waals surface area (Å²) in [7, 11) is 0. The fourth-order valence-electron chi connectivity index (χ4n) is 2.48. The Balaban J connectivity index is 1.96. The van der Waals surface area contributed by atoms with Crippen LogP contribution in [-0.4, -0.2) is 30.2 Å². The number of piperidine rings is 1. The summed E-state index contributed by atoms with van der Waals surface area (Å²) < 4.78 is 0. The Kier molecular flexibility index (Phi) is 4.69. The molecule has 0 amide bonds. The number of nitrogens with one attached hydrogen (secondary N) is 1. The van der Waals surface area contributed by atoms with E-state index >= 15 is 0 Å². The van der Waals surface area contributed by atoms with Crippen molar-refractivity contribution >= 4 is 17.4 Å². The zero-order valence-corrected chi connectivity index (χ0v) is 12.9. The van der Waals surface area contributed by atoms with Gasteiger partial charge in [-0.15, -0.1) is 0 Å². The highest BCUT2D eigenvalue weighted by atomic mass is 35.5. The number of rotatable bonds is 3. The van der Waals surface area contributed by atoms with Crippen molar-refractivity contribution in [1.29, 1.82) is 0 Å². The van der Waals surface area contributed by atoms with Gasteiger partial charge in [0, 0.05) is 31.4 Å². The topological polar surface area (TPSA) is 28.2 Å². The van der Waals surface area contributed by atoms with Gasteiger partial charge in [0.2, 0.25) is 0 Å². The van der Waals surface area contributed by atoms with Gasteiger partial charge >= 0.3 is 0 Å². The van der Waals surface area contributed by atoms with Gasteiger partial charge < -0.3 is 10.2 Å². The molecule has 0 saturated carbocycles. The number of aromatic nitrogens is 1. The van der Waals surface area contributed by atoms with Crippen molar-refractivity contribution in [3.8, 4) is 0 Å². The van der Waals surface area contributed by atoms with Crippen molar-refractivity contribution in [3.63, 3.8) is 0 Å². The molecule has 3 nitrogen and oxygen atoms in total. The lowest BCUT2D eigenvalue weighted by atomic mass is 9.96. The standard InChI is InChI=1S/C15H24ClN3/c1-15(2,3)18-10-12-6-5-9-19(11-12)14-13(16)7-4-8-17-14/h4,7-8,12,18H,5-6,9-11H2,1-3H3. The summed E-state index contributed by atoms with van der Waals surface area (Å²) in [5.41, 5.74) is 0.185. The lowest BCUT2D eigenvalue weighted by Crippen LogP contribution is -2.45. The Bertz CT molecular complexity index is 414. The van der Waals surface area contributed by atoms with Crippen LogP contribution in [0.1, 0.15) is 33.6 Å². The van der Waals surface area contributed by atoms with Gasteiger partial charge in [0.15, 0.2) is 0 Å². The van der Waals surface area contributed by atoms with E-state index in [0.29, 0.717) is 5.92 Å².